The third-order valence-corrected chi connectivity index (χ3v) is 5.06. The lowest BCUT2D eigenvalue weighted by Gasteiger charge is -2.26. The summed E-state index contributed by atoms with van der Waals surface area (Å²) in [7, 11) is 0. The Morgan fingerprint density at radius 1 is 0.850 bits per heavy atom. The van der Waals surface area contributed by atoms with Crippen LogP contribution in [0.15, 0.2) is 24.3 Å². The summed E-state index contributed by atoms with van der Waals surface area (Å²) in [6.07, 6.45) is 13.9. The number of unbranched alkanes of at least 4 members (excludes halogenated alkanes) is 1. The monoisotopic (exact) mass is 272 g/mol. The van der Waals surface area contributed by atoms with Gasteiger partial charge in [-0.2, -0.15) is 0 Å². The van der Waals surface area contributed by atoms with E-state index in [0.29, 0.717) is 0 Å². The second kappa shape index (κ2) is 8.49. The highest BCUT2D eigenvalue weighted by atomic mass is 14.2. The summed E-state index contributed by atoms with van der Waals surface area (Å²) in [4.78, 5) is 0. The van der Waals surface area contributed by atoms with Crippen molar-refractivity contribution in [3.63, 3.8) is 0 Å². The van der Waals surface area contributed by atoms with Crippen molar-refractivity contribution in [2.45, 2.75) is 78.1 Å². The van der Waals surface area contributed by atoms with Gasteiger partial charge in [-0.25, -0.2) is 0 Å². The van der Waals surface area contributed by atoms with Crippen LogP contribution in [0.1, 0.15) is 76.3 Å². The normalized spacial score (nSPS) is 22.9. The van der Waals surface area contributed by atoms with E-state index in [4.69, 9.17) is 0 Å². The van der Waals surface area contributed by atoms with E-state index in [0.717, 1.165) is 11.8 Å². The van der Waals surface area contributed by atoms with Gasteiger partial charge in [-0.05, 0) is 48.6 Å². The van der Waals surface area contributed by atoms with E-state index in [1.807, 2.05) is 0 Å². The van der Waals surface area contributed by atoms with Crippen molar-refractivity contribution < 1.29 is 0 Å². The van der Waals surface area contributed by atoms with Crippen LogP contribution in [0.25, 0.3) is 0 Å². The Kier molecular flexibility index (Phi) is 6.63. The first kappa shape index (κ1) is 15.6. The Morgan fingerprint density at radius 2 is 1.40 bits per heavy atom. The zero-order valence-corrected chi connectivity index (χ0v) is 13.5. The Balaban J connectivity index is 1.66. The molecule has 1 aromatic rings. The molecule has 0 heteroatoms. The molecule has 0 aromatic heterocycles. The molecule has 0 nitrogen and oxygen atoms in total. The molecule has 1 saturated carbocycles. The van der Waals surface area contributed by atoms with Gasteiger partial charge < -0.3 is 0 Å². The van der Waals surface area contributed by atoms with E-state index in [9.17, 15) is 0 Å². The standard InChI is InChI=1S/C20H32/c1-3-4-6-18-13-15-20(16-14-18)8-5-7-19-11-9-17(2)10-12-19/h13-17,19H,3-12H2,1-2H3. The van der Waals surface area contributed by atoms with Crippen molar-refractivity contribution in [1.29, 1.82) is 0 Å². The van der Waals surface area contributed by atoms with Crippen LogP contribution >= 0.6 is 0 Å². The average molecular weight is 272 g/mol. The predicted molar refractivity (Wildman–Crippen MR) is 89.1 cm³/mol. The highest BCUT2D eigenvalue weighted by Crippen LogP contribution is 2.31. The van der Waals surface area contributed by atoms with Crippen molar-refractivity contribution in [3.8, 4) is 0 Å². The van der Waals surface area contributed by atoms with Crippen molar-refractivity contribution in [2.75, 3.05) is 0 Å². The summed E-state index contributed by atoms with van der Waals surface area (Å²) in [6, 6.07) is 9.39. The molecule has 1 aliphatic carbocycles. The second-order valence-corrected chi connectivity index (χ2v) is 6.94. The molecule has 0 heterocycles. The van der Waals surface area contributed by atoms with Crippen molar-refractivity contribution in [1.82, 2.24) is 0 Å². The molecule has 1 aliphatic rings. The van der Waals surface area contributed by atoms with E-state index in [1.54, 1.807) is 0 Å². The summed E-state index contributed by atoms with van der Waals surface area (Å²) in [6.45, 7) is 4.68. The number of benzene rings is 1. The van der Waals surface area contributed by atoms with E-state index >= 15 is 0 Å². The Hall–Kier alpha value is -0.780. The molecule has 0 saturated heterocycles. The Labute approximate surface area is 126 Å². The summed E-state index contributed by atoms with van der Waals surface area (Å²) in [5, 5.41) is 0. The predicted octanol–water partition coefficient (Wildman–Crippen LogP) is 6.18. The highest BCUT2D eigenvalue weighted by Gasteiger charge is 2.17. The minimum atomic E-state index is 0.988. The van der Waals surface area contributed by atoms with Gasteiger partial charge in [0.05, 0.1) is 0 Å². The topological polar surface area (TPSA) is 0 Å². The van der Waals surface area contributed by atoms with Crippen LogP contribution in [-0.4, -0.2) is 0 Å². The smallest absolute Gasteiger partial charge is 0.0279 e. The largest absolute Gasteiger partial charge is 0.0654 e. The lowest BCUT2D eigenvalue weighted by atomic mass is 9.80. The third kappa shape index (κ3) is 5.31. The summed E-state index contributed by atoms with van der Waals surface area (Å²) >= 11 is 0. The lowest BCUT2D eigenvalue weighted by Crippen LogP contribution is -2.12. The van der Waals surface area contributed by atoms with Crippen molar-refractivity contribution >= 4 is 0 Å². The maximum absolute atomic E-state index is 2.41. The zero-order valence-electron chi connectivity index (χ0n) is 13.5. The number of hydrogen-bond donors (Lipinski definition) is 0. The molecule has 1 aromatic carbocycles. The van der Waals surface area contributed by atoms with Crippen LogP contribution in [-0.2, 0) is 12.8 Å². The van der Waals surface area contributed by atoms with Gasteiger partial charge in [0.1, 0.15) is 0 Å². The Morgan fingerprint density at radius 3 is 1.95 bits per heavy atom. The second-order valence-electron chi connectivity index (χ2n) is 6.94. The van der Waals surface area contributed by atoms with Crippen LogP contribution in [0.2, 0.25) is 0 Å². The SMILES string of the molecule is CCCCc1ccc(CCCC2CCC(C)CC2)cc1. The van der Waals surface area contributed by atoms with Crippen molar-refractivity contribution in [2.24, 2.45) is 11.8 Å². The maximum atomic E-state index is 2.41. The minimum absolute atomic E-state index is 0.988. The molecule has 0 N–H and O–H groups in total. The fourth-order valence-electron chi connectivity index (χ4n) is 3.47. The first-order chi connectivity index (χ1) is 9.78. The van der Waals surface area contributed by atoms with E-state index in [2.05, 4.69) is 38.1 Å². The van der Waals surface area contributed by atoms with E-state index < -0.39 is 0 Å². The molecule has 0 bridgehead atoms. The first-order valence-electron chi connectivity index (χ1n) is 8.85. The van der Waals surface area contributed by atoms with E-state index in [1.165, 1.54) is 75.3 Å². The molecule has 2 rings (SSSR count). The van der Waals surface area contributed by atoms with Crippen LogP contribution in [0.5, 0.6) is 0 Å². The van der Waals surface area contributed by atoms with Gasteiger partial charge >= 0.3 is 0 Å². The number of rotatable bonds is 7. The third-order valence-electron chi connectivity index (χ3n) is 5.06. The molecule has 0 unspecified atom stereocenters. The first-order valence-corrected chi connectivity index (χ1v) is 8.85. The average Bonchev–Trinajstić information content (AvgIpc) is 2.48. The van der Waals surface area contributed by atoms with Gasteiger partial charge in [0, 0.05) is 0 Å². The van der Waals surface area contributed by atoms with Crippen LogP contribution in [0.3, 0.4) is 0 Å². The molecule has 112 valence electrons. The number of hydrogen-bond acceptors (Lipinski definition) is 0. The van der Waals surface area contributed by atoms with E-state index in [-0.39, 0.29) is 0 Å². The molecule has 0 atom stereocenters. The summed E-state index contributed by atoms with van der Waals surface area (Å²) in [5.74, 6) is 2.01. The minimum Gasteiger partial charge on any atom is -0.0654 e. The lowest BCUT2D eigenvalue weighted by molar-refractivity contribution is 0.274. The van der Waals surface area contributed by atoms with Gasteiger partial charge in [0.25, 0.3) is 0 Å². The highest BCUT2D eigenvalue weighted by molar-refractivity contribution is 5.22. The molecule has 0 aliphatic heterocycles. The molecular weight excluding hydrogens is 240 g/mol. The molecule has 0 amide bonds. The van der Waals surface area contributed by atoms with Crippen LogP contribution in [0, 0.1) is 11.8 Å². The fourth-order valence-corrected chi connectivity index (χ4v) is 3.47. The molecule has 1 fully saturated rings. The molecular formula is C20H32. The zero-order chi connectivity index (χ0) is 14.2. The quantitative estimate of drug-likeness (QED) is 0.556. The summed E-state index contributed by atoms with van der Waals surface area (Å²) < 4.78 is 0. The fraction of sp³-hybridized carbons (Fsp3) is 0.700. The van der Waals surface area contributed by atoms with Crippen LogP contribution in [0.4, 0.5) is 0 Å². The maximum Gasteiger partial charge on any atom is -0.0279 e. The van der Waals surface area contributed by atoms with Gasteiger partial charge in [0.15, 0.2) is 0 Å². The number of aryl methyl sites for hydroxylation is 2. The summed E-state index contributed by atoms with van der Waals surface area (Å²) in [5.41, 5.74) is 3.05. The Bertz CT molecular complexity index is 354. The molecule has 20 heavy (non-hydrogen) atoms. The van der Waals surface area contributed by atoms with Gasteiger partial charge in [-0.3, -0.25) is 0 Å². The molecule has 0 radical (unpaired) electrons. The van der Waals surface area contributed by atoms with Gasteiger partial charge in [-0.15, -0.1) is 0 Å². The van der Waals surface area contributed by atoms with Crippen LogP contribution < -0.4 is 0 Å². The molecule has 0 spiro atoms. The van der Waals surface area contributed by atoms with Crippen molar-refractivity contribution in [3.05, 3.63) is 35.4 Å². The van der Waals surface area contributed by atoms with Gasteiger partial charge in [-0.1, -0.05) is 76.6 Å². The van der Waals surface area contributed by atoms with Gasteiger partial charge in [0.2, 0.25) is 0 Å².